The van der Waals surface area contributed by atoms with Gasteiger partial charge < -0.3 is 20.1 Å². The van der Waals surface area contributed by atoms with Gasteiger partial charge in [0.2, 0.25) is 5.43 Å². The lowest BCUT2D eigenvalue weighted by atomic mass is 9.81. The molecule has 8 nitrogen and oxygen atoms in total. The number of carbonyl (C=O) groups is 1. The van der Waals surface area contributed by atoms with Crippen LogP contribution in [0.3, 0.4) is 0 Å². The number of nitrogens with zero attached hydrogens (tertiary/aromatic N) is 3. The van der Waals surface area contributed by atoms with Gasteiger partial charge in [0.25, 0.3) is 5.91 Å². The molecular weight excluding hydrogens is 546 g/mol. The Kier molecular flexibility index (Phi) is 6.66. The van der Waals surface area contributed by atoms with Crippen LogP contribution >= 0.6 is 23.4 Å². The first kappa shape index (κ1) is 26.5. The highest BCUT2D eigenvalue weighted by atomic mass is 35.5. The predicted molar refractivity (Wildman–Crippen MR) is 136 cm³/mol. The highest BCUT2D eigenvalue weighted by Gasteiger charge is 2.48. The quantitative estimate of drug-likeness (QED) is 0.419. The van der Waals surface area contributed by atoms with E-state index in [1.165, 1.54) is 16.8 Å². The fourth-order valence-electron chi connectivity index (χ4n) is 4.77. The normalized spacial score (nSPS) is 17.9. The van der Waals surface area contributed by atoms with E-state index in [1.54, 1.807) is 24.3 Å². The fourth-order valence-corrected chi connectivity index (χ4v) is 6.15. The zero-order valence-corrected chi connectivity index (χ0v) is 21.3. The summed E-state index contributed by atoms with van der Waals surface area (Å²) in [6.45, 7) is 0.189. The summed E-state index contributed by atoms with van der Waals surface area (Å²) in [5, 5.41) is 32.0. The molecule has 3 heterocycles. The Bertz CT molecular complexity index is 1500. The van der Waals surface area contributed by atoms with Crippen molar-refractivity contribution >= 4 is 41.9 Å². The molecule has 3 aromatic rings. The molecule has 0 unspecified atom stereocenters. The number of pyridine rings is 1. The second kappa shape index (κ2) is 9.56. The summed E-state index contributed by atoms with van der Waals surface area (Å²) in [5.74, 6) is -1.93. The minimum Gasteiger partial charge on any atom is -0.503 e. The highest BCUT2D eigenvalue weighted by molar-refractivity contribution is 7.98. The van der Waals surface area contributed by atoms with Crippen LogP contribution in [0.5, 0.6) is 5.75 Å². The Hall–Kier alpha value is -3.13. The standard InChI is InChI=1S/C24H20BClF3N3O5S/c1-12(24(27,28)29)30-11-32(31-9-15(25(36)37)21(33)22(34)20(31)23(30)35)19-14-6-2-3-8-17(14)38-10-13-5-4-7-16(26)18(13)19/h2-9,12,19,34,36-37H,10-11H2,1H3/t12-,19-/m1/s1. The molecule has 3 N–H and O–H groups in total. The van der Waals surface area contributed by atoms with Crippen molar-refractivity contribution in [3.63, 3.8) is 0 Å². The molecule has 1 aromatic heterocycles. The molecule has 14 heteroatoms. The van der Waals surface area contributed by atoms with Crippen LogP contribution in [0.1, 0.15) is 40.1 Å². The number of halogens is 4. The van der Waals surface area contributed by atoms with Crippen molar-refractivity contribution in [3.05, 3.63) is 86.3 Å². The fraction of sp³-hybridized carbons (Fsp3) is 0.250. The van der Waals surface area contributed by atoms with Crippen LogP contribution in [0.4, 0.5) is 13.2 Å². The third kappa shape index (κ3) is 4.23. The van der Waals surface area contributed by atoms with Crippen LogP contribution in [0.15, 0.2) is 58.4 Å². The zero-order valence-electron chi connectivity index (χ0n) is 19.7. The number of thioether (sulfide) groups is 1. The van der Waals surface area contributed by atoms with E-state index in [0.29, 0.717) is 26.8 Å². The molecule has 2 aliphatic heterocycles. The number of aromatic nitrogens is 1. The molecule has 198 valence electrons. The average Bonchev–Trinajstić information content (AvgIpc) is 3.03. The van der Waals surface area contributed by atoms with Gasteiger partial charge in [-0.2, -0.15) is 13.2 Å². The molecular formula is C24H20BClF3N3O5S. The van der Waals surface area contributed by atoms with Crippen molar-refractivity contribution in [2.75, 3.05) is 11.7 Å². The van der Waals surface area contributed by atoms with Crippen molar-refractivity contribution in [2.45, 2.75) is 35.8 Å². The largest absolute Gasteiger partial charge is 0.503 e. The monoisotopic (exact) mass is 565 g/mol. The lowest BCUT2D eigenvalue weighted by Crippen LogP contribution is -2.61. The second-order valence-electron chi connectivity index (χ2n) is 8.94. The number of rotatable bonds is 3. The van der Waals surface area contributed by atoms with Crippen LogP contribution in [-0.2, 0) is 5.75 Å². The Labute approximate surface area is 224 Å². The van der Waals surface area contributed by atoms with Gasteiger partial charge in [0.1, 0.15) is 18.8 Å². The molecule has 0 bridgehead atoms. The van der Waals surface area contributed by atoms with Crippen molar-refractivity contribution < 1.29 is 33.1 Å². The van der Waals surface area contributed by atoms with Gasteiger partial charge in [-0.15, -0.1) is 11.8 Å². The molecule has 0 saturated carbocycles. The summed E-state index contributed by atoms with van der Waals surface area (Å²) in [4.78, 5) is 27.3. The third-order valence-electron chi connectivity index (χ3n) is 6.76. The molecule has 2 aliphatic rings. The van der Waals surface area contributed by atoms with Crippen molar-refractivity contribution in [1.82, 2.24) is 9.58 Å². The molecule has 0 radical (unpaired) electrons. The number of hydrogen-bond donors (Lipinski definition) is 3. The molecule has 0 fully saturated rings. The van der Waals surface area contributed by atoms with E-state index in [-0.39, 0.29) is 0 Å². The van der Waals surface area contributed by atoms with E-state index < -0.39 is 60.3 Å². The summed E-state index contributed by atoms with van der Waals surface area (Å²) in [5.41, 5.74) is -0.646. The lowest BCUT2D eigenvalue weighted by molar-refractivity contribution is -0.173. The lowest BCUT2D eigenvalue weighted by Gasteiger charge is -2.46. The molecule has 5 rings (SSSR count). The molecule has 1 amide bonds. The number of amides is 1. The maximum absolute atomic E-state index is 13.9. The maximum Gasteiger partial charge on any atom is 0.494 e. The number of aromatic hydroxyl groups is 1. The Morgan fingerprint density at radius 3 is 2.53 bits per heavy atom. The predicted octanol–water partition coefficient (Wildman–Crippen LogP) is 2.58. The SMILES string of the molecule is C[C@@H](N1CN([C@@H]2c3ccccc3SCc3cccc(Cl)c32)n2cc(B(O)O)c(=O)c(O)c2C1=O)C(F)(F)F. The number of benzene rings is 2. The van der Waals surface area contributed by atoms with Crippen molar-refractivity contribution in [3.8, 4) is 5.75 Å². The first-order valence-electron chi connectivity index (χ1n) is 11.4. The summed E-state index contributed by atoms with van der Waals surface area (Å²) in [6.07, 6.45) is -3.86. The van der Waals surface area contributed by atoms with Gasteiger partial charge in [0.05, 0.1) is 5.46 Å². The van der Waals surface area contributed by atoms with Crippen LogP contribution < -0.4 is 15.9 Å². The topological polar surface area (TPSA) is 106 Å². The highest BCUT2D eigenvalue weighted by Crippen LogP contribution is 2.45. The zero-order chi connectivity index (χ0) is 27.5. The van der Waals surface area contributed by atoms with Gasteiger partial charge >= 0.3 is 13.3 Å². The van der Waals surface area contributed by atoms with E-state index in [2.05, 4.69) is 0 Å². The number of fused-ring (bicyclic) bond motifs is 3. The second-order valence-corrected chi connectivity index (χ2v) is 10.4. The van der Waals surface area contributed by atoms with Gasteiger partial charge in [-0.1, -0.05) is 41.9 Å². The molecule has 0 aliphatic carbocycles. The number of hydrogen-bond acceptors (Lipinski definition) is 7. The van der Waals surface area contributed by atoms with E-state index in [4.69, 9.17) is 11.6 Å². The summed E-state index contributed by atoms with van der Waals surface area (Å²) in [6, 6.07) is 9.28. The Morgan fingerprint density at radius 1 is 1.13 bits per heavy atom. The van der Waals surface area contributed by atoms with Gasteiger partial charge in [0, 0.05) is 27.4 Å². The van der Waals surface area contributed by atoms with E-state index in [1.807, 2.05) is 18.2 Å². The van der Waals surface area contributed by atoms with Gasteiger partial charge in [-0.05, 0) is 30.2 Å². The summed E-state index contributed by atoms with van der Waals surface area (Å²) in [7, 11) is -2.32. The molecule has 0 saturated heterocycles. The van der Waals surface area contributed by atoms with Crippen molar-refractivity contribution in [1.29, 1.82) is 0 Å². The Balaban J connectivity index is 1.84. The smallest absolute Gasteiger partial charge is 0.494 e. The Morgan fingerprint density at radius 2 is 1.84 bits per heavy atom. The van der Waals surface area contributed by atoms with E-state index >= 15 is 0 Å². The van der Waals surface area contributed by atoms with Crippen molar-refractivity contribution in [2.24, 2.45) is 0 Å². The maximum atomic E-state index is 13.9. The van der Waals surface area contributed by atoms with Crippen LogP contribution in [0, 0.1) is 0 Å². The molecule has 38 heavy (non-hydrogen) atoms. The summed E-state index contributed by atoms with van der Waals surface area (Å²) >= 11 is 8.18. The van der Waals surface area contributed by atoms with Gasteiger partial charge in [-0.25, -0.2) is 0 Å². The third-order valence-corrected chi connectivity index (χ3v) is 8.23. The first-order valence-corrected chi connectivity index (χ1v) is 12.8. The average molecular weight is 566 g/mol. The van der Waals surface area contributed by atoms with E-state index in [0.717, 1.165) is 28.3 Å². The van der Waals surface area contributed by atoms with Crippen LogP contribution in [-0.4, -0.2) is 56.6 Å². The minimum absolute atomic E-state index is 0.325. The van der Waals surface area contributed by atoms with E-state index in [9.17, 15) is 37.9 Å². The summed E-state index contributed by atoms with van der Waals surface area (Å²) < 4.78 is 42.7. The molecule has 2 aromatic carbocycles. The van der Waals surface area contributed by atoms with Crippen LogP contribution in [0.2, 0.25) is 5.02 Å². The van der Waals surface area contributed by atoms with Crippen LogP contribution in [0.25, 0.3) is 0 Å². The number of alkyl halides is 3. The van der Waals surface area contributed by atoms with Gasteiger partial charge in [-0.3, -0.25) is 19.3 Å². The van der Waals surface area contributed by atoms with Gasteiger partial charge in [0.15, 0.2) is 11.4 Å². The molecule has 0 spiro atoms. The number of carbonyl (C=O) groups excluding carboxylic acids is 1. The first-order chi connectivity index (χ1) is 17.9. The molecule has 2 atom stereocenters. The minimum atomic E-state index is -4.81.